The summed E-state index contributed by atoms with van der Waals surface area (Å²) in [5.74, 6) is 0.392. The molecule has 3 rings (SSSR count). The van der Waals surface area contributed by atoms with Gasteiger partial charge in [-0.2, -0.15) is 0 Å². The van der Waals surface area contributed by atoms with E-state index in [1.165, 1.54) is 24.3 Å². The minimum absolute atomic E-state index is 0.0333. The Morgan fingerprint density at radius 1 is 1.17 bits per heavy atom. The summed E-state index contributed by atoms with van der Waals surface area (Å²) in [6.07, 6.45) is 1.53. The number of benzene rings is 2. The molecule has 1 fully saturated rings. The fourth-order valence-electron chi connectivity index (χ4n) is 2.61. The first-order valence-electron chi connectivity index (χ1n) is 8.01. The summed E-state index contributed by atoms with van der Waals surface area (Å²) in [7, 11) is 0. The summed E-state index contributed by atoms with van der Waals surface area (Å²) in [5.41, 5.74) is 1.05. The number of amides is 1. The van der Waals surface area contributed by atoms with E-state index < -0.39 is 6.10 Å². The predicted octanol–water partition coefficient (Wildman–Crippen LogP) is 4.51. The molecule has 0 spiro atoms. The quantitative estimate of drug-likeness (QED) is 0.834. The molecule has 0 heterocycles. The molecular weight excluding hydrogens is 329 g/mol. The van der Waals surface area contributed by atoms with E-state index in [1.807, 2.05) is 24.3 Å². The lowest BCUT2D eigenvalue weighted by Gasteiger charge is -2.22. The standard InChI is InChI=1S/C19H19ClFNO2/c1-12(24-17-10-8-16(21)9-11-17)19(23)22-18(13-2-3-13)14-4-6-15(20)7-5-14/h4-13,18H,2-3H2,1H3,(H,22,23)/t12-,18+/m1/s1. The van der Waals surface area contributed by atoms with Gasteiger partial charge in [-0.05, 0) is 67.6 Å². The second-order valence-electron chi connectivity index (χ2n) is 6.09. The highest BCUT2D eigenvalue weighted by Gasteiger charge is 2.34. The second-order valence-corrected chi connectivity index (χ2v) is 6.53. The van der Waals surface area contributed by atoms with Crippen molar-refractivity contribution < 1.29 is 13.9 Å². The van der Waals surface area contributed by atoms with Crippen LogP contribution in [-0.2, 0) is 4.79 Å². The van der Waals surface area contributed by atoms with Crippen LogP contribution >= 0.6 is 11.6 Å². The summed E-state index contributed by atoms with van der Waals surface area (Å²) >= 11 is 5.94. The molecule has 0 bridgehead atoms. The van der Waals surface area contributed by atoms with Gasteiger partial charge in [-0.25, -0.2) is 4.39 Å². The maximum atomic E-state index is 12.9. The van der Waals surface area contributed by atoms with E-state index in [1.54, 1.807) is 6.92 Å². The average molecular weight is 348 g/mol. The highest BCUT2D eigenvalue weighted by molar-refractivity contribution is 6.30. The summed E-state index contributed by atoms with van der Waals surface area (Å²) < 4.78 is 18.5. The average Bonchev–Trinajstić information content (AvgIpc) is 3.40. The van der Waals surface area contributed by atoms with Crippen molar-refractivity contribution in [2.75, 3.05) is 0 Å². The highest BCUT2D eigenvalue weighted by Crippen LogP contribution is 2.41. The van der Waals surface area contributed by atoms with E-state index in [4.69, 9.17) is 16.3 Å². The first-order valence-corrected chi connectivity index (χ1v) is 8.39. The van der Waals surface area contributed by atoms with Crippen molar-refractivity contribution in [2.24, 2.45) is 5.92 Å². The molecule has 5 heteroatoms. The summed E-state index contributed by atoms with van der Waals surface area (Å²) in [6, 6.07) is 13.1. The SMILES string of the molecule is C[C@@H](Oc1ccc(F)cc1)C(=O)N[C@H](c1ccc(Cl)cc1)C1CC1. The van der Waals surface area contributed by atoms with Crippen LogP contribution in [0.15, 0.2) is 48.5 Å². The fourth-order valence-corrected chi connectivity index (χ4v) is 2.74. The number of nitrogens with one attached hydrogen (secondary N) is 1. The topological polar surface area (TPSA) is 38.3 Å². The van der Waals surface area contributed by atoms with Crippen molar-refractivity contribution in [3.05, 3.63) is 64.9 Å². The minimum Gasteiger partial charge on any atom is -0.481 e. The van der Waals surface area contributed by atoms with E-state index in [0.29, 0.717) is 16.7 Å². The van der Waals surface area contributed by atoms with E-state index in [0.717, 1.165) is 18.4 Å². The van der Waals surface area contributed by atoms with E-state index in [-0.39, 0.29) is 17.8 Å². The summed E-state index contributed by atoms with van der Waals surface area (Å²) in [6.45, 7) is 1.69. The Labute approximate surface area is 145 Å². The molecular formula is C19H19ClFNO2. The molecule has 1 aliphatic rings. The van der Waals surface area contributed by atoms with Crippen LogP contribution in [0.3, 0.4) is 0 Å². The van der Waals surface area contributed by atoms with E-state index in [2.05, 4.69) is 5.32 Å². The zero-order chi connectivity index (χ0) is 17.1. The van der Waals surface area contributed by atoms with Crippen LogP contribution < -0.4 is 10.1 Å². The van der Waals surface area contributed by atoms with Gasteiger partial charge in [0.2, 0.25) is 0 Å². The van der Waals surface area contributed by atoms with Crippen molar-refractivity contribution in [1.29, 1.82) is 0 Å². The van der Waals surface area contributed by atoms with E-state index in [9.17, 15) is 9.18 Å². The molecule has 2 atom stereocenters. The van der Waals surface area contributed by atoms with Crippen molar-refractivity contribution in [3.8, 4) is 5.75 Å². The number of carbonyl (C=O) groups excluding carboxylic acids is 1. The third kappa shape index (κ3) is 4.26. The number of carbonyl (C=O) groups is 1. The molecule has 2 aromatic rings. The molecule has 0 saturated heterocycles. The van der Waals surface area contributed by atoms with Gasteiger partial charge in [0.05, 0.1) is 6.04 Å². The van der Waals surface area contributed by atoms with Gasteiger partial charge < -0.3 is 10.1 Å². The van der Waals surface area contributed by atoms with Gasteiger partial charge in [-0.3, -0.25) is 4.79 Å². The Balaban J connectivity index is 1.64. The monoisotopic (exact) mass is 347 g/mol. The Morgan fingerprint density at radius 2 is 1.79 bits per heavy atom. The third-order valence-corrected chi connectivity index (χ3v) is 4.37. The van der Waals surface area contributed by atoms with Gasteiger partial charge in [0, 0.05) is 5.02 Å². The molecule has 2 aromatic carbocycles. The van der Waals surface area contributed by atoms with E-state index >= 15 is 0 Å². The van der Waals surface area contributed by atoms with Gasteiger partial charge in [-0.1, -0.05) is 23.7 Å². The highest BCUT2D eigenvalue weighted by atomic mass is 35.5. The number of hydrogen-bond acceptors (Lipinski definition) is 2. The fraction of sp³-hybridized carbons (Fsp3) is 0.316. The number of rotatable bonds is 6. The van der Waals surface area contributed by atoms with Crippen LogP contribution in [0.25, 0.3) is 0 Å². The third-order valence-electron chi connectivity index (χ3n) is 4.12. The van der Waals surface area contributed by atoms with Gasteiger partial charge in [-0.15, -0.1) is 0 Å². The number of halogens is 2. The van der Waals surface area contributed by atoms with Gasteiger partial charge in [0.25, 0.3) is 5.91 Å². The molecule has 0 unspecified atom stereocenters. The molecule has 0 aromatic heterocycles. The molecule has 24 heavy (non-hydrogen) atoms. The molecule has 0 aliphatic heterocycles. The number of hydrogen-bond donors (Lipinski definition) is 1. The molecule has 126 valence electrons. The van der Waals surface area contributed by atoms with Crippen molar-refractivity contribution >= 4 is 17.5 Å². The van der Waals surface area contributed by atoms with Crippen LogP contribution in [-0.4, -0.2) is 12.0 Å². The van der Waals surface area contributed by atoms with Gasteiger partial charge in [0.1, 0.15) is 11.6 Å². The zero-order valence-corrected chi connectivity index (χ0v) is 14.1. The molecule has 1 aliphatic carbocycles. The molecule has 1 amide bonds. The second kappa shape index (κ2) is 7.22. The van der Waals surface area contributed by atoms with Crippen LogP contribution in [0.4, 0.5) is 4.39 Å². The van der Waals surface area contributed by atoms with Gasteiger partial charge in [0.15, 0.2) is 6.10 Å². The maximum absolute atomic E-state index is 12.9. The molecule has 1 N–H and O–H groups in total. The normalized spacial score (nSPS) is 16.3. The lowest BCUT2D eigenvalue weighted by Crippen LogP contribution is -2.39. The largest absolute Gasteiger partial charge is 0.481 e. The lowest BCUT2D eigenvalue weighted by atomic mass is 10.0. The van der Waals surface area contributed by atoms with Crippen molar-refractivity contribution in [2.45, 2.75) is 31.9 Å². The Morgan fingerprint density at radius 3 is 2.38 bits per heavy atom. The predicted molar refractivity (Wildman–Crippen MR) is 91.5 cm³/mol. The van der Waals surface area contributed by atoms with Crippen molar-refractivity contribution in [3.63, 3.8) is 0 Å². The zero-order valence-electron chi connectivity index (χ0n) is 13.3. The Bertz CT molecular complexity index is 698. The van der Waals surface area contributed by atoms with Gasteiger partial charge >= 0.3 is 0 Å². The van der Waals surface area contributed by atoms with Crippen LogP contribution in [0.2, 0.25) is 5.02 Å². The molecule has 0 radical (unpaired) electrons. The number of ether oxygens (including phenoxy) is 1. The molecule has 1 saturated carbocycles. The smallest absolute Gasteiger partial charge is 0.261 e. The summed E-state index contributed by atoms with van der Waals surface area (Å²) in [5, 5.41) is 3.74. The maximum Gasteiger partial charge on any atom is 0.261 e. The summed E-state index contributed by atoms with van der Waals surface area (Å²) in [4.78, 5) is 12.5. The van der Waals surface area contributed by atoms with Crippen molar-refractivity contribution in [1.82, 2.24) is 5.32 Å². The van der Waals surface area contributed by atoms with Crippen LogP contribution in [0.1, 0.15) is 31.4 Å². The first-order chi connectivity index (χ1) is 11.5. The minimum atomic E-state index is -0.663. The first kappa shape index (κ1) is 16.8. The van der Waals surface area contributed by atoms with Crippen LogP contribution in [0.5, 0.6) is 5.75 Å². The lowest BCUT2D eigenvalue weighted by molar-refractivity contribution is -0.128. The van der Waals surface area contributed by atoms with Crippen LogP contribution in [0, 0.1) is 11.7 Å². The Hall–Kier alpha value is -2.07. The Kier molecular flexibility index (Phi) is 5.05. The molecule has 3 nitrogen and oxygen atoms in total.